The van der Waals surface area contributed by atoms with Crippen molar-refractivity contribution < 1.29 is 9.90 Å². The summed E-state index contributed by atoms with van der Waals surface area (Å²) in [5, 5.41) is 8.63. The molecule has 62 valence electrons. The minimum absolute atomic E-state index is 0.148. The van der Waals surface area contributed by atoms with Crippen LogP contribution in [0, 0.1) is 5.92 Å². The van der Waals surface area contributed by atoms with Crippen molar-refractivity contribution in [3.05, 3.63) is 0 Å². The first kappa shape index (κ1) is 12.3. The number of ketones is 1. The number of hydrogen-bond acceptors (Lipinski definition) is 2. The predicted octanol–water partition coefficient (Wildman–Crippen LogP) is 1.62. The summed E-state index contributed by atoms with van der Waals surface area (Å²) in [5.41, 5.74) is 0. The minimum Gasteiger partial charge on any atom is -0.393 e. The first-order chi connectivity index (χ1) is 4.37. The second-order valence-corrected chi connectivity index (χ2v) is 2.89. The zero-order valence-electron chi connectivity index (χ0n) is 7.51. The zero-order valence-corrected chi connectivity index (χ0v) is 7.51. The van der Waals surface area contributed by atoms with E-state index in [0.29, 0.717) is 5.92 Å². The van der Waals surface area contributed by atoms with Gasteiger partial charge in [-0.05, 0) is 26.7 Å². The molecule has 1 N–H and O–H groups in total. The Labute approximate surface area is 63.3 Å². The second-order valence-electron chi connectivity index (χ2n) is 2.89. The lowest BCUT2D eigenvalue weighted by Gasteiger charge is -2.04. The Morgan fingerprint density at radius 2 is 1.30 bits per heavy atom. The van der Waals surface area contributed by atoms with Gasteiger partial charge < -0.3 is 9.90 Å². The maximum atomic E-state index is 9.44. The largest absolute Gasteiger partial charge is 0.393 e. The van der Waals surface area contributed by atoms with Gasteiger partial charge >= 0.3 is 0 Å². The Bertz CT molecular complexity index is 75.3. The van der Waals surface area contributed by atoms with E-state index >= 15 is 0 Å². The summed E-state index contributed by atoms with van der Waals surface area (Å²) in [6, 6.07) is 0. The van der Waals surface area contributed by atoms with Crippen molar-refractivity contribution in [2.75, 3.05) is 0 Å². The summed E-state index contributed by atoms with van der Waals surface area (Å²) in [5.74, 6) is 0.574. The van der Waals surface area contributed by atoms with E-state index in [2.05, 4.69) is 0 Å². The van der Waals surface area contributed by atoms with Crippen LogP contribution in [-0.4, -0.2) is 17.0 Å². The third-order valence-electron chi connectivity index (χ3n) is 0.965. The summed E-state index contributed by atoms with van der Waals surface area (Å²) < 4.78 is 0. The highest BCUT2D eigenvalue weighted by atomic mass is 16.3. The normalized spacial score (nSPS) is 11.9. The Morgan fingerprint density at radius 3 is 1.30 bits per heavy atom. The molecule has 2 heteroatoms. The molecule has 0 saturated carbocycles. The highest BCUT2D eigenvalue weighted by Gasteiger charge is 1.97. The lowest BCUT2D eigenvalue weighted by atomic mass is 10.1. The van der Waals surface area contributed by atoms with Crippen molar-refractivity contribution in [1.82, 2.24) is 0 Å². The van der Waals surface area contributed by atoms with Crippen LogP contribution in [0.15, 0.2) is 0 Å². The van der Waals surface area contributed by atoms with Crippen LogP contribution in [0.5, 0.6) is 0 Å². The smallest absolute Gasteiger partial charge is 0.126 e. The fourth-order valence-corrected chi connectivity index (χ4v) is 0. The van der Waals surface area contributed by atoms with E-state index in [9.17, 15) is 4.79 Å². The van der Waals surface area contributed by atoms with Gasteiger partial charge in [0.25, 0.3) is 0 Å². The summed E-state index contributed by atoms with van der Waals surface area (Å²) in [7, 11) is 0. The Balaban J connectivity index is 0. The number of aliphatic hydroxyl groups is 1. The van der Waals surface area contributed by atoms with E-state index in [4.69, 9.17) is 5.11 Å². The zero-order chi connectivity index (χ0) is 8.73. The Morgan fingerprint density at radius 1 is 1.20 bits per heavy atom. The predicted molar refractivity (Wildman–Crippen MR) is 42.9 cm³/mol. The number of hydrogen-bond donors (Lipinski definition) is 1. The van der Waals surface area contributed by atoms with Gasteiger partial charge in [-0.1, -0.05) is 13.8 Å². The van der Waals surface area contributed by atoms with Crippen LogP contribution in [0.25, 0.3) is 0 Å². The fraction of sp³-hybridized carbons (Fsp3) is 0.875. The molecule has 0 fully saturated rings. The lowest BCUT2D eigenvalue weighted by Crippen LogP contribution is -2.07. The highest BCUT2D eigenvalue weighted by Crippen LogP contribution is 1.96. The maximum absolute atomic E-state index is 9.44. The van der Waals surface area contributed by atoms with Gasteiger partial charge in [0.15, 0.2) is 0 Å². The van der Waals surface area contributed by atoms with Gasteiger partial charge in [-0.15, -0.1) is 0 Å². The molecule has 0 aromatic carbocycles. The summed E-state index contributed by atoms with van der Waals surface area (Å²) in [4.78, 5) is 9.44. The third-order valence-corrected chi connectivity index (χ3v) is 0.965. The molecule has 2 nitrogen and oxygen atoms in total. The Hall–Kier alpha value is -0.370. The number of aliphatic hydroxyl groups excluding tert-OH is 1. The summed E-state index contributed by atoms with van der Waals surface area (Å²) in [6.45, 7) is 8.83. The van der Waals surface area contributed by atoms with E-state index in [-0.39, 0.29) is 11.9 Å². The van der Waals surface area contributed by atoms with Crippen LogP contribution in [-0.2, 0) is 4.79 Å². The molecule has 0 amide bonds. The van der Waals surface area contributed by atoms with Crippen LogP contribution >= 0.6 is 0 Å². The van der Waals surface area contributed by atoms with E-state index in [1.165, 1.54) is 13.8 Å². The summed E-state index contributed by atoms with van der Waals surface area (Å²) >= 11 is 0. The van der Waals surface area contributed by atoms with E-state index in [1.807, 2.05) is 13.8 Å². The van der Waals surface area contributed by atoms with E-state index in [1.54, 1.807) is 6.92 Å². The van der Waals surface area contributed by atoms with Gasteiger partial charge in [-0.3, -0.25) is 0 Å². The van der Waals surface area contributed by atoms with Crippen molar-refractivity contribution in [3.8, 4) is 0 Å². The average Bonchev–Trinajstić information content (AvgIpc) is 1.63. The van der Waals surface area contributed by atoms with Crippen LogP contribution in [0.3, 0.4) is 0 Å². The molecule has 0 aromatic rings. The van der Waals surface area contributed by atoms with Crippen LogP contribution in [0.1, 0.15) is 34.6 Å². The molecule has 0 saturated heterocycles. The molecule has 1 unspecified atom stereocenters. The molecule has 0 aromatic heterocycles. The molecule has 0 spiro atoms. The quantitative estimate of drug-likeness (QED) is 0.610. The molecule has 0 aliphatic rings. The second kappa shape index (κ2) is 6.75. The van der Waals surface area contributed by atoms with Gasteiger partial charge in [0.05, 0.1) is 6.10 Å². The van der Waals surface area contributed by atoms with Crippen LogP contribution in [0.4, 0.5) is 0 Å². The van der Waals surface area contributed by atoms with Crippen molar-refractivity contribution in [2.45, 2.75) is 40.7 Å². The van der Waals surface area contributed by atoms with Crippen LogP contribution < -0.4 is 0 Å². The molecular weight excluding hydrogens is 128 g/mol. The van der Waals surface area contributed by atoms with Gasteiger partial charge in [0, 0.05) is 0 Å². The third kappa shape index (κ3) is 25.5. The van der Waals surface area contributed by atoms with Gasteiger partial charge in [-0.2, -0.15) is 0 Å². The molecule has 10 heavy (non-hydrogen) atoms. The van der Waals surface area contributed by atoms with Crippen molar-refractivity contribution in [3.63, 3.8) is 0 Å². The minimum atomic E-state index is -0.148. The van der Waals surface area contributed by atoms with Gasteiger partial charge in [0.2, 0.25) is 0 Å². The molecule has 0 rings (SSSR count). The molecule has 0 radical (unpaired) electrons. The monoisotopic (exact) mass is 146 g/mol. The van der Waals surface area contributed by atoms with Gasteiger partial charge in [-0.25, -0.2) is 0 Å². The molecule has 1 atom stereocenters. The van der Waals surface area contributed by atoms with Crippen molar-refractivity contribution in [2.24, 2.45) is 5.92 Å². The molecule has 0 aliphatic heterocycles. The number of rotatable bonds is 1. The summed E-state index contributed by atoms with van der Waals surface area (Å²) in [6.07, 6.45) is -0.148. The topological polar surface area (TPSA) is 37.3 Å². The lowest BCUT2D eigenvalue weighted by molar-refractivity contribution is -0.114. The van der Waals surface area contributed by atoms with Crippen LogP contribution in [0.2, 0.25) is 0 Å². The molecule has 0 heterocycles. The molecular formula is C8H18O2. The van der Waals surface area contributed by atoms with Crippen molar-refractivity contribution >= 4 is 5.78 Å². The van der Waals surface area contributed by atoms with Crippen molar-refractivity contribution in [1.29, 1.82) is 0 Å². The highest BCUT2D eigenvalue weighted by molar-refractivity contribution is 5.72. The standard InChI is InChI=1S/C5H12O.C3H6O/c1-4(2)5(3)6;1-3(2)4/h4-6H,1-3H3;1-2H3. The number of carbonyl (C=O) groups is 1. The SMILES string of the molecule is CC(C)=O.CC(C)C(C)O. The Kier molecular flexibility index (Phi) is 8.31. The maximum Gasteiger partial charge on any atom is 0.126 e. The fourth-order valence-electron chi connectivity index (χ4n) is 0. The van der Waals surface area contributed by atoms with E-state index < -0.39 is 0 Å². The first-order valence-electron chi connectivity index (χ1n) is 3.53. The van der Waals surface area contributed by atoms with E-state index in [0.717, 1.165) is 0 Å². The molecule has 0 bridgehead atoms. The molecule has 0 aliphatic carbocycles. The number of Topliss-reactive ketones (excluding diaryl/α,β-unsaturated/α-hetero) is 1. The first-order valence-corrected chi connectivity index (χ1v) is 3.53. The average molecular weight is 146 g/mol. The number of carbonyl (C=O) groups excluding carboxylic acids is 1. The van der Waals surface area contributed by atoms with Gasteiger partial charge in [0.1, 0.15) is 5.78 Å².